The van der Waals surface area contributed by atoms with E-state index in [9.17, 15) is 13.2 Å². The lowest BCUT2D eigenvalue weighted by Gasteiger charge is -2.07. The molecule has 0 aliphatic carbocycles. The molecule has 0 amide bonds. The van der Waals surface area contributed by atoms with Crippen molar-refractivity contribution in [3.8, 4) is 5.75 Å². The van der Waals surface area contributed by atoms with Gasteiger partial charge >= 0.3 is 6.36 Å². The van der Waals surface area contributed by atoms with E-state index in [1.165, 1.54) is 18.2 Å². The van der Waals surface area contributed by atoms with E-state index < -0.39 is 6.36 Å². The molecule has 1 heterocycles. The van der Waals surface area contributed by atoms with Crippen molar-refractivity contribution in [2.24, 2.45) is 0 Å². The van der Waals surface area contributed by atoms with E-state index in [-0.39, 0.29) is 11.7 Å². The average Bonchev–Trinajstić information content (AvgIpc) is 2.57. The average molecular weight is 244 g/mol. The summed E-state index contributed by atoms with van der Waals surface area (Å²) in [5.74, 6) is 0.694. The number of alkyl halides is 3. The number of rotatable bonds is 2. The molecule has 92 valence electrons. The maximum atomic E-state index is 12.0. The van der Waals surface area contributed by atoms with Gasteiger partial charge in [-0.1, -0.05) is 13.8 Å². The van der Waals surface area contributed by atoms with Gasteiger partial charge in [-0.3, -0.25) is 0 Å². The zero-order valence-electron chi connectivity index (χ0n) is 9.34. The van der Waals surface area contributed by atoms with Crippen LogP contribution in [-0.2, 0) is 0 Å². The maximum absolute atomic E-state index is 12.0. The largest absolute Gasteiger partial charge is 0.573 e. The van der Waals surface area contributed by atoms with E-state index in [2.05, 4.69) is 4.74 Å². The number of benzene rings is 1. The van der Waals surface area contributed by atoms with Crippen LogP contribution in [0.2, 0.25) is 0 Å². The second-order valence-electron chi connectivity index (χ2n) is 4.05. The minimum atomic E-state index is -4.67. The molecule has 1 aromatic heterocycles. The summed E-state index contributed by atoms with van der Waals surface area (Å²) in [5.41, 5.74) is 0.559. The van der Waals surface area contributed by atoms with Crippen LogP contribution >= 0.6 is 0 Å². The first kappa shape index (κ1) is 11.8. The Morgan fingerprint density at radius 3 is 2.47 bits per heavy atom. The molecule has 0 radical (unpaired) electrons. The highest BCUT2D eigenvalue weighted by atomic mass is 19.4. The quantitative estimate of drug-likeness (QED) is 0.778. The van der Waals surface area contributed by atoms with E-state index in [4.69, 9.17) is 4.42 Å². The topological polar surface area (TPSA) is 22.4 Å². The summed E-state index contributed by atoms with van der Waals surface area (Å²) in [4.78, 5) is 0. The van der Waals surface area contributed by atoms with Crippen LogP contribution in [0.25, 0.3) is 11.0 Å². The molecule has 0 spiro atoms. The van der Waals surface area contributed by atoms with E-state index in [1.807, 2.05) is 13.8 Å². The lowest BCUT2D eigenvalue weighted by atomic mass is 10.1. The van der Waals surface area contributed by atoms with Crippen LogP contribution in [0.3, 0.4) is 0 Å². The first-order valence-electron chi connectivity index (χ1n) is 5.14. The van der Waals surface area contributed by atoms with Crippen LogP contribution in [0.5, 0.6) is 5.75 Å². The number of halogens is 3. The highest BCUT2D eigenvalue weighted by Crippen LogP contribution is 2.30. The molecule has 0 saturated carbocycles. The predicted molar refractivity (Wildman–Crippen MR) is 57.0 cm³/mol. The fraction of sp³-hybridized carbons (Fsp3) is 0.333. The number of furan rings is 1. The van der Waals surface area contributed by atoms with Gasteiger partial charge in [-0.05, 0) is 24.3 Å². The van der Waals surface area contributed by atoms with Crippen molar-refractivity contribution in [1.82, 2.24) is 0 Å². The zero-order valence-corrected chi connectivity index (χ0v) is 9.34. The van der Waals surface area contributed by atoms with E-state index in [1.54, 1.807) is 6.07 Å². The van der Waals surface area contributed by atoms with Crippen molar-refractivity contribution in [3.05, 3.63) is 30.0 Å². The van der Waals surface area contributed by atoms with Crippen molar-refractivity contribution >= 4 is 11.0 Å². The monoisotopic (exact) mass is 244 g/mol. The third kappa shape index (κ3) is 2.72. The van der Waals surface area contributed by atoms with Crippen LogP contribution in [0.4, 0.5) is 13.2 Å². The van der Waals surface area contributed by atoms with Crippen LogP contribution in [-0.4, -0.2) is 6.36 Å². The Balaban J connectivity index is 2.37. The second kappa shape index (κ2) is 3.98. The summed E-state index contributed by atoms with van der Waals surface area (Å²) in [5, 5.41) is 0.607. The molecule has 2 aromatic rings. The molecule has 0 aliphatic heterocycles. The Morgan fingerprint density at radius 1 is 1.18 bits per heavy atom. The molecule has 0 N–H and O–H groups in total. The van der Waals surface area contributed by atoms with E-state index >= 15 is 0 Å². The summed E-state index contributed by atoms with van der Waals surface area (Å²) in [6.07, 6.45) is -4.67. The molecule has 0 saturated heterocycles. The molecular weight excluding hydrogens is 233 g/mol. The lowest BCUT2D eigenvalue weighted by molar-refractivity contribution is -0.274. The van der Waals surface area contributed by atoms with Crippen LogP contribution < -0.4 is 4.74 Å². The van der Waals surface area contributed by atoms with Gasteiger partial charge in [-0.2, -0.15) is 0 Å². The van der Waals surface area contributed by atoms with Gasteiger partial charge in [0.1, 0.15) is 17.1 Å². The number of ether oxygens (including phenoxy) is 1. The van der Waals surface area contributed by atoms with Gasteiger partial charge in [-0.15, -0.1) is 13.2 Å². The van der Waals surface area contributed by atoms with E-state index in [0.29, 0.717) is 11.0 Å². The van der Waals surface area contributed by atoms with Gasteiger partial charge in [0.05, 0.1) is 0 Å². The molecule has 0 atom stereocenters. The Hall–Kier alpha value is -1.65. The number of hydrogen-bond acceptors (Lipinski definition) is 2. The normalized spacial score (nSPS) is 12.4. The molecule has 0 bridgehead atoms. The lowest BCUT2D eigenvalue weighted by Crippen LogP contribution is -2.16. The molecule has 2 nitrogen and oxygen atoms in total. The Bertz CT molecular complexity index is 526. The number of fused-ring (bicyclic) bond motifs is 1. The molecule has 5 heteroatoms. The minimum Gasteiger partial charge on any atom is -0.461 e. The van der Waals surface area contributed by atoms with Crippen molar-refractivity contribution in [2.75, 3.05) is 0 Å². The third-order valence-electron chi connectivity index (χ3n) is 2.31. The van der Waals surface area contributed by atoms with Crippen LogP contribution in [0.1, 0.15) is 25.5 Å². The highest BCUT2D eigenvalue weighted by molar-refractivity contribution is 5.79. The molecule has 0 unspecified atom stereocenters. The molecule has 2 rings (SSSR count). The summed E-state index contributed by atoms with van der Waals surface area (Å²) >= 11 is 0. The second-order valence-corrected chi connectivity index (χ2v) is 4.05. The van der Waals surface area contributed by atoms with Gasteiger partial charge in [-0.25, -0.2) is 0 Å². The molecule has 0 fully saturated rings. The smallest absolute Gasteiger partial charge is 0.461 e. The SMILES string of the molecule is CC(C)c1cc2cc(OC(F)(F)F)ccc2o1. The summed E-state index contributed by atoms with van der Waals surface area (Å²) in [6.45, 7) is 3.90. The van der Waals surface area contributed by atoms with Gasteiger partial charge in [0.25, 0.3) is 0 Å². The summed E-state index contributed by atoms with van der Waals surface area (Å²) < 4.78 is 45.4. The zero-order chi connectivity index (χ0) is 12.6. The van der Waals surface area contributed by atoms with Crippen molar-refractivity contribution in [3.63, 3.8) is 0 Å². The standard InChI is InChI=1S/C12H11F3O2/c1-7(2)11-6-8-5-9(17-12(13,14)15)3-4-10(8)16-11/h3-7H,1-2H3. The highest BCUT2D eigenvalue weighted by Gasteiger charge is 2.31. The van der Waals surface area contributed by atoms with Crippen molar-refractivity contribution < 1.29 is 22.3 Å². The molecule has 1 aromatic carbocycles. The van der Waals surface area contributed by atoms with Crippen molar-refractivity contribution in [1.29, 1.82) is 0 Å². The first-order chi connectivity index (χ1) is 7.85. The first-order valence-corrected chi connectivity index (χ1v) is 5.14. The molecule has 0 aliphatic rings. The third-order valence-corrected chi connectivity index (χ3v) is 2.31. The fourth-order valence-corrected chi connectivity index (χ4v) is 1.52. The predicted octanol–water partition coefficient (Wildman–Crippen LogP) is 4.45. The molecule has 17 heavy (non-hydrogen) atoms. The Labute approximate surface area is 96.0 Å². The maximum Gasteiger partial charge on any atom is 0.573 e. The van der Waals surface area contributed by atoms with Crippen LogP contribution in [0.15, 0.2) is 28.7 Å². The Morgan fingerprint density at radius 2 is 1.88 bits per heavy atom. The van der Waals surface area contributed by atoms with E-state index in [0.717, 1.165) is 5.76 Å². The van der Waals surface area contributed by atoms with Crippen molar-refractivity contribution in [2.45, 2.75) is 26.1 Å². The van der Waals surface area contributed by atoms with Gasteiger partial charge in [0, 0.05) is 11.3 Å². The summed E-state index contributed by atoms with van der Waals surface area (Å²) in [7, 11) is 0. The number of hydrogen-bond donors (Lipinski definition) is 0. The van der Waals surface area contributed by atoms with Gasteiger partial charge in [0.2, 0.25) is 0 Å². The fourth-order valence-electron chi connectivity index (χ4n) is 1.52. The van der Waals surface area contributed by atoms with Gasteiger partial charge in [0.15, 0.2) is 0 Å². The van der Waals surface area contributed by atoms with Crippen LogP contribution in [0, 0.1) is 0 Å². The minimum absolute atomic E-state index is 0.189. The Kier molecular flexibility index (Phi) is 2.77. The summed E-state index contributed by atoms with van der Waals surface area (Å²) in [6, 6.07) is 5.76. The van der Waals surface area contributed by atoms with Gasteiger partial charge < -0.3 is 9.15 Å². The molecular formula is C12H11F3O2.